The first kappa shape index (κ1) is 19.4. The van der Waals surface area contributed by atoms with Crippen LogP contribution in [0.2, 0.25) is 0 Å². The number of carbonyl (C=O) groups excluding carboxylic acids is 1. The maximum absolute atomic E-state index is 11.5. The van der Waals surface area contributed by atoms with Crippen LogP contribution < -0.4 is 9.64 Å². The Morgan fingerprint density at radius 3 is 2.81 bits per heavy atom. The molecular weight excluding hydrogens is 382 g/mol. The minimum absolute atomic E-state index is 0.0317. The van der Waals surface area contributed by atoms with E-state index in [1.165, 1.54) is 18.3 Å². The summed E-state index contributed by atoms with van der Waals surface area (Å²) in [7, 11) is 3.38. The lowest BCUT2D eigenvalue weighted by Crippen LogP contribution is -2.22. The number of aromatic nitrogens is 4. The zero-order valence-electron chi connectivity index (χ0n) is 15.7. The van der Waals surface area contributed by atoms with Gasteiger partial charge in [0.1, 0.15) is 5.75 Å². The van der Waals surface area contributed by atoms with Crippen LogP contribution in [0.3, 0.4) is 0 Å². The molecule has 2 heterocycles. The van der Waals surface area contributed by atoms with Gasteiger partial charge in [0.15, 0.2) is 16.1 Å². The Morgan fingerprint density at radius 1 is 1.33 bits per heavy atom. The molecule has 0 unspecified atom stereocenters. The molecule has 1 aromatic carbocycles. The van der Waals surface area contributed by atoms with Crippen LogP contribution in [0.1, 0.15) is 19.5 Å². The van der Waals surface area contributed by atoms with Crippen molar-refractivity contribution in [2.45, 2.75) is 31.3 Å². The highest BCUT2D eigenvalue weighted by molar-refractivity contribution is 7.98. The molecule has 0 radical (unpaired) electrons. The molecule has 0 spiro atoms. The summed E-state index contributed by atoms with van der Waals surface area (Å²) in [4.78, 5) is 17.5. The van der Waals surface area contributed by atoms with E-state index in [4.69, 9.17) is 4.74 Å². The van der Waals surface area contributed by atoms with Crippen LogP contribution in [-0.2, 0) is 17.1 Å². The van der Waals surface area contributed by atoms with Gasteiger partial charge in [0, 0.05) is 31.6 Å². The van der Waals surface area contributed by atoms with Crippen LogP contribution in [0.5, 0.6) is 5.75 Å². The van der Waals surface area contributed by atoms with Crippen LogP contribution in [0.15, 0.2) is 34.8 Å². The maximum Gasteiger partial charge on any atom is 0.225 e. The van der Waals surface area contributed by atoms with Gasteiger partial charge in [-0.3, -0.25) is 9.69 Å². The van der Waals surface area contributed by atoms with E-state index in [0.717, 1.165) is 34.5 Å². The van der Waals surface area contributed by atoms with Gasteiger partial charge in [-0.2, -0.15) is 0 Å². The number of nitrogens with zero attached hydrogens (tertiary/aromatic N) is 5. The number of thiazole rings is 1. The number of rotatable bonds is 7. The Morgan fingerprint density at radius 2 is 2.11 bits per heavy atom. The molecule has 0 saturated carbocycles. The van der Waals surface area contributed by atoms with Crippen molar-refractivity contribution in [3.63, 3.8) is 0 Å². The zero-order valence-corrected chi connectivity index (χ0v) is 17.3. The van der Waals surface area contributed by atoms with Gasteiger partial charge in [-0.1, -0.05) is 23.9 Å². The van der Waals surface area contributed by atoms with Gasteiger partial charge in [-0.25, -0.2) is 4.98 Å². The van der Waals surface area contributed by atoms with Crippen LogP contribution >= 0.6 is 23.1 Å². The van der Waals surface area contributed by atoms with Crippen molar-refractivity contribution < 1.29 is 9.53 Å². The van der Waals surface area contributed by atoms with E-state index in [0.29, 0.717) is 10.9 Å². The van der Waals surface area contributed by atoms with E-state index in [9.17, 15) is 4.79 Å². The monoisotopic (exact) mass is 403 g/mol. The van der Waals surface area contributed by atoms with E-state index in [1.54, 1.807) is 30.8 Å². The van der Waals surface area contributed by atoms with Gasteiger partial charge in [-0.15, -0.1) is 21.5 Å². The standard InChI is InChI=1S/C18H21N5O2S2/c1-5-23-16(14-8-6-7-9-15(14)25-4)20-21-18(23)27-11-13-10-26-17(19-13)22(3)12(2)24/h6-10H,5,11H2,1-4H3. The minimum atomic E-state index is -0.0317. The molecule has 2 aromatic heterocycles. The third-order valence-electron chi connectivity index (χ3n) is 4.03. The molecule has 0 N–H and O–H groups in total. The molecular formula is C18H21N5O2S2. The SMILES string of the molecule is CCn1c(SCc2csc(N(C)C(C)=O)n2)nnc1-c1ccccc1OC. The number of methoxy groups -OCH3 is 1. The lowest BCUT2D eigenvalue weighted by atomic mass is 10.2. The largest absolute Gasteiger partial charge is 0.496 e. The van der Waals surface area contributed by atoms with Crippen LogP contribution in [0.4, 0.5) is 5.13 Å². The van der Waals surface area contributed by atoms with Gasteiger partial charge in [-0.05, 0) is 19.1 Å². The van der Waals surface area contributed by atoms with Crippen molar-refractivity contribution in [2.24, 2.45) is 0 Å². The molecule has 3 aromatic rings. The van der Waals surface area contributed by atoms with Crippen LogP contribution in [-0.4, -0.2) is 39.8 Å². The number of ether oxygens (including phenoxy) is 1. The highest BCUT2D eigenvalue weighted by Gasteiger charge is 2.17. The average Bonchev–Trinajstić information content (AvgIpc) is 3.32. The van der Waals surface area contributed by atoms with Gasteiger partial charge < -0.3 is 9.30 Å². The topological polar surface area (TPSA) is 73.1 Å². The third-order valence-corrected chi connectivity index (χ3v) is 6.00. The lowest BCUT2D eigenvalue weighted by Gasteiger charge is -2.10. The first-order valence-corrected chi connectivity index (χ1v) is 10.3. The van der Waals surface area contributed by atoms with E-state index >= 15 is 0 Å². The highest BCUT2D eigenvalue weighted by Crippen LogP contribution is 2.32. The average molecular weight is 404 g/mol. The molecule has 27 heavy (non-hydrogen) atoms. The summed E-state index contributed by atoms with van der Waals surface area (Å²) in [5.74, 6) is 2.18. The second kappa shape index (κ2) is 8.53. The second-order valence-corrected chi connectivity index (χ2v) is 7.52. The Hall–Kier alpha value is -2.39. The summed E-state index contributed by atoms with van der Waals surface area (Å²) in [5.41, 5.74) is 1.83. The molecule has 0 aliphatic heterocycles. The van der Waals surface area contributed by atoms with Crippen molar-refractivity contribution >= 4 is 34.1 Å². The molecule has 0 bridgehead atoms. The predicted octanol–water partition coefficient (Wildman–Crippen LogP) is 3.71. The molecule has 142 valence electrons. The number of thioether (sulfide) groups is 1. The number of hydrogen-bond acceptors (Lipinski definition) is 7. The van der Waals surface area contributed by atoms with Crippen molar-refractivity contribution in [3.8, 4) is 17.1 Å². The van der Waals surface area contributed by atoms with Gasteiger partial charge in [0.2, 0.25) is 5.91 Å². The molecule has 0 aliphatic rings. The van der Waals surface area contributed by atoms with Crippen molar-refractivity contribution in [3.05, 3.63) is 35.3 Å². The van der Waals surface area contributed by atoms with Crippen molar-refractivity contribution in [2.75, 3.05) is 19.1 Å². The number of benzene rings is 1. The first-order valence-electron chi connectivity index (χ1n) is 8.43. The molecule has 7 nitrogen and oxygen atoms in total. The van der Waals surface area contributed by atoms with Crippen LogP contribution in [0, 0.1) is 0 Å². The minimum Gasteiger partial charge on any atom is -0.496 e. The van der Waals surface area contributed by atoms with Gasteiger partial charge >= 0.3 is 0 Å². The molecule has 1 amide bonds. The third kappa shape index (κ3) is 4.14. The van der Waals surface area contributed by atoms with Gasteiger partial charge in [0.25, 0.3) is 0 Å². The zero-order chi connectivity index (χ0) is 19.4. The fourth-order valence-electron chi connectivity index (χ4n) is 2.50. The fourth-order valence-corrected chi connectivity index (χ4v) is 4.33. The number of amides is 1. The summed E-state index contributed by atoms with van der Waals surface area (Å²) < 4.78 is 7.52. The van der Waals surface area contributed by atoms with Gasteiger partial charge in [0.05, 0.1) is 18.4 Å². The normalized spacial score (nSPS) is 10.8. The predicted molar refractivity (Wildman–Crippen MR) is 108 cm³/mol. The number of hydrogen-bond donors (Lipinski definition) is 0. The smallest absolute Gasteiger partial charge is 0.225 e. The summed E-state index contributed by atoms with van der Waals surface area (Å²) in [6.07, 6.45) is 0. The van der Waals surface area contributed by atoms with E-state index < -0.39 is 0 Å². The van der Waals surface area contributed by atoms with E-state index in [-0.39, 0.29) is 5.91 Å². The Bertz CT molecular complexity index is 937. The molecule has 0 aliphatic carbocycles. The fraction of sp³-hybridized carbons (Fsp3) is 0.333. The number of anilines is 1. The Balaban J connectivity index is 1.79. The summed E-state index contributed by atoms with van der Waals surface area (Å²) in [6, 6.07) is 7.79. The van der Waals surface area contributed by atoms with Crippen LogP contribution in [0.25, 0.3) is 11.4 Å². The second-order valence-electron chi connectivity index (χ2n) is 5.74. The van der Waals surface area contributed by atoms with Crippen molar-refractivity contribution in [1.82, 2.24) is 19.7 Å². The summed E-state index contributed by atoms with van der Waals surface area (Å²) in [6.45, 7) is 4.34. The lowest BCUT2D eigenvalue weighted by molar-refractivity contribution is -0.116. The van der Waals surface area contributed by atoms with Crippen molar-refractivity contribution in [1.29, 1.82) is 0 Å². The van der Waals surface area contributed by atoms with E-state index in [1.807, 2.05) is 29.6 Å². The number of carbonyl (C=O) groups is 1. The summed E-state index contributed by atoms with van der Waals surface area (Å²) >= 11 is 3.04. The first-order chi connectivity index (χ1) is 13.0. The number of para-hydroxylation sites is 1. The maximum atomic E-state index is 11.5. The van der Waals surface area contributed by atoms with E-state index in [2.05, 4.69) is 26.7 Å². The molecule has 3 rings (SSSR count). The Labute approximate surface area is 166 Å². The molecule has 0 saturated heterocycles. The highest BCUT2D eigenvalue weighted by atomic mass is 32.2. The quantitative estimate of drug-likeness (QED) is 0.560. The molecule has 9 heteroatoms. The summed E-state index contributed by atoms with van der Waals surface area (Å²) in [5, 5.41) is 12.2. The Kier molecular flexibility index (Phi) is 6.12. The molecule has 0 fully saturated rings. The molecule has 0 atom stereocenters.